The summed E-state index contributed by atoms with van der Waals surface area (Å²) in [5.41, 5.74) is 0. The zero-order chi connectivity index (χ0) is 11.7. The summed E-state index contributed by atoms with van der Waals surface area (Å²) in [4.78, 5) is 21.4. The van der Waals surface area contributed by atoms with E-state index >= 15 is 0 Å². The molecule has 0 aliphatic rings. The van der Waals surface area contributed by atoms with Crippen molar-refractivity contribution in [1.82, 2.24) is 16.0 Å². The normalized spacial score (nSPS) is 12.3. The minimum Gasteiger partial charge on any atom is -0.357 e. The largest absolute Gasteiger partial charge is 0.357 e. The van der Waals surface area contributed by atoms with Crippen LogP contribution < -0.4 is 16.0 Å². The maximum atomic E-state index is 11.4. The molecule has 0 spiro atoms. The number of hydrogen-bond donors (Lipinski definition) is 3. The van der Waals surface area contributed by atoms with Crippen LogP contribution in [0.4, 0.5) is 0 Å². The highest BCUT2D eigenvalue weighted by Gasteiger charge is 2.10. The van der Waals surface area contributed by atoms with Crippen LogP contribution >= 0.6 is 0 Å². The quantitative estimate of drug-likeness (QED) is 0.377. The topological polar surface area (TPSA) is 70.2 Å². The molecular formula is C10H21N3O2. The lowest BCUT2D eigenvalue weighted by atomic mass is 10.2. The predicted octanol–water partition coefficient (Wildman–Crippen LogP) is -0.517. The van der Waals surface area contributed by atoms with Crippen LogP contribution in [0.1, 0.15) is 20.8 Å². The van der Waals surface area contributed by atoms with Gasteiger partial charge in [0.05, 0.1) is 6.04 Å². The van der Waals surface area contributed by atoms with E-state index in [1.54, 1.807) is 6.92 Å². The van der Waals surface area contributed by atoms with E-state index in [-0.39, 0.29) is 11.9 Å². The van der Waals surface area contributed by atoms with E-state index in [0.29, 0.717) is 32.0 Å². The van der Waals surface area contributed by atoms with Gasteiger partial charge in [0.25, 0.3) is 0 Å². The van der Waals surface area contributed by atoms with E-state index in [4.69, 9.17) is 0 Å². The van der Waals surface area contributed by atoms with Gasteiger partial charge in [0, 0.05) is 19.6 Å². The zero-order valence-corrected chi connectivity index (χ0v) is 9.67. The van der Waals surface area contributed by atoms with Gasteiger partial charge < -0.3 is 16.0 Å². The highest BCUT2D eigenvalue weighted by Crippen LogP contribution is 1.88. The molecule has 0 aromatic rings. The smallest absolute Gasteiger partial charge is 0.236 e. The molecule has 0 aliphatic heterocycles. The molecule has 3 N–H and O–H groups in total. The Hall–Kier alpha value is -1.10. The van der Waals surface area contributed by atoms with Crippen LogP contribution in [-0.4, -0.2) is 38.0 Å². The molecule has 1 unspecified atom stereocenters. The molecule has 15 heavy (non-hydrogen) atoms. The van der Waals surface area contributed by atoms with Crippen LogP contribution in [0.15, 0.2) is 0 Å². The second kappa shape index (κ2) is 8.23. The summed E-state index contributed by atoms with van der Waals surface area (Å²) in [5.74, 6) is 0.452. The van der Waals surface area contributed by atoms with Gasteiger partial charge in [-0.15, -0.1) is 0 Å². The Bertz CT molecular complexity index is 195. The molecule has 2 amide bonds. The highest BCUT2D eigenvalue weighted by atomic mass is 16.2. The van der Waals surface area contributed by atoms with E-state index in [9.17, 15) is 9.59 Å². The number of carbonyl (C=O) groups excluding carboxylic acids is 2. The summed E-state index contributed by atoms with van der Waals surface area (Å²) in [6.45, 7) is 7.72. The molecule has 5 nitrogen and oxygen atoms in total. The Morgan fingerprint density at radius 2 is 1.93 bits per heavy atom. The van der Waals surface area contributed by atoms with Gasteiger partial charge in [0.15, 0.2) is 0 Å². The van der Waals surface area contributed by atoms with Gasteiger partial charge in [-0.1, -0.05) is 13.8 Å². The molecule has 0 fully saturated rings. The maximum absolute atomic E-state index is 11.4. The van der Waals surface area contributed by atoms with Crippen LogP contribution in [0.3, 0.4) is 0 Å². The van der Waals surface area contributed by atoms with Gasteiger partial charge in [-0.05, 0) is 12.8 Å². The highest BCUT2D eigenvalue weighted by molar-refractivity contribution is 5.81. The second-order valence-electron chi connectivity index (χ2n) is 3.89. The summed E-state index contributed by atoms with van der Waals surface area (Å²) >= 11 is 0. The average molecular weight is 215 g/mol. The number of hydrogen-bond acceptors (Lipinski definition) is 3. The summed E-state index contributed by atoms with van der Waals surface area (Å²) < 4.78 is 0. The van der Waals surface area contributed by atoms with Crippen molar-refractivity contribution in [3.05, 3.63) is 0 Å². The third-order valence-electron chi connectivity index (χ3n) is 1.88. The summed E-state index contributed by atoms with van der Waals surface area (Å²) in [5, 5.41) is 8.36. The van der Waals surface area contributed by atoms with Crippen molar-refractivity contribution in [2.75, 3.05) is 19.6 Å². The third kappa shape index (κ3) is 7.93. The van der Waals surface area contributed by atoms with Gasteiger partial charge in [-0.2, -0.15) is 0 Å². The van der Waals surface area contributed by atoms with Crippen LogP contribution in [0.25, 0.3) is 0 Å². The van der Waals surface area contributed by atoms with E-state index in [1.807, 2.05) is 13.8 Å². The Kier molecular flexibility index (Phi) is 7.62. The van der Waals surface area contributed by atoms with Crippen molar-refractivity contribution >= 4 is 12.3 Å². The lowest BCUT2D eigenvalue weighted by Crippen LogP contribution is -2.45. The third-order valence-corrected chi connectivity index (χ3v) is 1.88. The Morgan fingerprint density at radius 3 is 2.47 bits per heavy atom. The van der Waals surface area contributed by atoms with E-state index in [0.717, 1.165) is 0 Å². The van der Waals surface area contributed by atoms with Crippen LogP contribution in [-0.2, 0) is 9.59 Å². The Morgan fingerprint density at radius 1 is 1.27 bits per heavy atom. The molecule has 0 radical (unpaired) electrons. The molecule has 0 bridgehead atoms. The lowest BCUT2D eigenvalue weighted by molar-refractivity contribution is -0.122. The second-order valence-corrected chi connectivity index (χ2v) is 3.89. The molecule has 0 rings (SSSR count). The van der Waals surface area contributed by atoms with Crippen LogP contribution in [0, 0.1) is 5.92 Å². The first kappa shape index (κ1) is 13.9. The molecule has 0 aromatic heterocycles. The van der Waals surface area contributed by atoms with Gasteiger partial charge in [0.2, 0.25) is 12.3 Å². The minimum absolute atomic E-state index is 0.00481. The number of carbonyl (C=O) groups is 2. The number of rotatable bonds is 8. The fraction of sp³-hybridized carbons (Fsp3) is 0.800. The molecule has 0 saturated heterocycles. The fourth-order valence-electron chi connectivity index (χ4n) is 0.970. The molecule has 1 atom stereocenters. The van der Waals surface area contributed by atoms with Crippen molar-refractivity contribution < 1.29 is 9.59 Å². The first-order chi connectivity index (χ1) is 7.07. The molecule has 5 heteroatoms. The van der Waals surface area contributed by atoms with Gasteiger partial charge in [-0.25, -0.2) is 0 Å². The molecule has 0 aliphatic carbocycles. The maximum Gasteiger partial charge on any atom is 0.236 e. The SMILES string of the molecule is CC(C)CNC(=O)C(C)NCCNC=O. The summed E-state index contributed by atoms with van der Waals surface area (Å²) in [6, 6.07) is -0.225. The van der Waals surface area contributed by atoms with Crippen LogP contribution in [0.5, 0.6) is 0 Å². The van der Waals surface area contributed by atoms with E-state index < -0.39 is 0 Å². The predicted molar refractivity (Wildman–Crippen MR) is 59.4 cm³/mol. The molecular weight excluding hydrogens is 194 g/mol. The molecule has 0 saturated carbocycles. The van der Waals surface area contributed by atoms with Crippen molar-refractivity contribution in [2.45, 2.75) is 26.8 Å². The lowest BCUT2D eigenvalue weighted by Gasteiger charge is -2.14. The molecule has 88 valence electrons. The zero-order valence-electron chi connectivity index (χ0n) is 9.67. The molecule has 0 heterocycles. The average Bonchev–Trinajstić information content (AvgIpc) is 2.20. The minimum atomic E-state index is -0.225. The van der Waals surface area contributed by atoms with Gasteiger partial charge in [0.1, 0.15) is 0 Å². The van der Waals surface area contributed by atoms with Gasteiger partial charge >= 0.3 is 0 Å². The van der Waals surface area contributed by atoms with Crippen LogP contribution in [0.2, 0.25) is 0 Å². The fourth-order valence-corrected chi connectivity index (χ4v) is 0.970. The molecule has 0 aromatic carbocycles. The summed E-state index contributed by atoms with van der Waals surface area (Å²) in [7, 11) is 0. The van der Waals surface area contributed by atoms with Crippen molar-refractivity contribution in [1.29, 1.82) is 0 Å². The van der Waals surface area contributed by atoms with E-state index in [1.165, 1.54) is 0 Å². The summed E-state index contributed by atoms with van der Waals surface area (Å²) in [6.07, 6.45) is 0.644. The Labute approximate surface area is 91.0 Å². The first-order valence-electron chi connectivity index (χ1n) is 5.26. The monoisotopic (exact) mass is 215 g/mol. The van der Waals surface area contributed by atoms with Crippen molar-refractivity contribution in [3.63, 3.8) is 0 Å². The number of nitrogens with one attached hydrogen (secondary N) is 3. The Balaban J connectivity index is 3.55. The van der Waals surface area contributed by atoms with Gasteiger partial charge in [-0.3, -0.25) is 9.59 Å². The standard InChI is InChI=1S/C10H21N3O2/c1-8(2)6-13-10(15)9(3)12-5-4-11-7-14/h7-9,12H,4-6H2,1-3H3,(H,11,14)(H,13,15). The van der Waals surface area contributed by atoms with E-state index in [2.05, 4.69) is 16.0 Å². The first-order valence-corrected chi connectivity index (χ1v) is 5.26. The van der Waals surface area contributed by atoms with Crippen molar-refractivity contribution in [3.8, 4) is 0 Å². The number of amides is 2. The van der Waals surface area contributed by atoms with Crippen molar-refractivity contribution in [2.24, 2.45) is 5.92 Å².